The molecule has 0 radical (unpaired) electrons. The third-order valence-corrected chi connectivity index (χ3v) is 14.2. The molecule has 2 aliphatic rings. The molecular weight excluding hydrogens is 567 g/mol. The molecule has 4 nitrogen and oxygen atoms in total. The molecule has 5 rings (SSSR count). The molecule has 0 amide bonds. The molecule has 1 fully saturated rings. The summed E-state index contributed by atoms with van der Waals surface area (Å²) in [5.41, 5.74) is 3.22. The minimum atomic E-state index is -2.85. The molecular formula is C38H45FO4Si. The summed E-state index contributed by atoms with van der Waals surface area (Å²) < 4.78 is 27.3. The Kier molecular flexibility index (Phi) is 9.18. The van der Waals surface area contributed by atoms with Gasteiger partial charge in [0.25, 0.3) is 8.32 Å². The third-order valence-electron chi connectivity index (χ3n) is 9.16. The van der Waals surface area contributed by atoms with Gasteiger partial charge in [0.15, 0.2) is 0 Å². The molecule has 0 saturated carbocycles. The van der Waals surface area contributed by atoms with Gasteiger partial charge in [-0.05, 0) is 81.1 Å². The Bertz CT molecular complexity index is 1500. The maximum atomic E-state index is 14.1. The van der Waals surface area contributed by atoms with E-state index in [0.29, 0.717) is 24.8 Å². The number of carbonyl (C=O) groups is 1. The van der Waals surface area contributed by atoms with Crippen molar-refractivity contribution in [1.29, 1.82) is 0 Å². The highest BCUT2D eigenvalue weighted by Gasteiger charge is 2.52. The van der Waals surface area contributed by atoms with Crippen LogP contribution in [0.4, 0.5) is 4.39 Å². The lowest BCUT2D eigenvalue weighted by molar-refractivity contribution is -0.155. The average Bonchev–Trinajstić information content (AvgIpc) is 2.96. The number of allylic oxidation sites excluding steroid dienone is 2. The summed E-state index contributed by atoms with van der Waals surface area (Å²) in [7, 11) is -2.85. The Balaban J connectivity index is 1.50. The fourth-order valence-corrected chi connectivity index (χ4v) is 11.8. The van der Waals surface area contributed by atoms with Crippen molar-refractivity contribution in [2.75, 3.05) is 0 Å². The first kappa shape index (κ1) is 32.1. The van der Waals surface area contributed by atoms with Crippen LogP contribution in [0.3, 0.4) is 0 Å². The number of esters is 1. The van der Waals surface area contributed by atoms with Crippen molar-refractivity contribution in [2.45, 2.75) is 90.6 Å². The molecule has 3 aromatic rings. The first-order valence-corrected chi connectivity index (χ1v) is 17.6. The minimum Gasteiger partial charge on any atom is -0.458 e. The Morgan fingerprint density at radius 3 is 2.16 bits per heavy atom. The topological polar surface area (TPSA) is 55.8 Å². The molecule has 0 bridgehead atoms. The number of benzene rings is 3. The van der Waals surface area contributed by atoms with Gasteiger partial charge in [-0.15, -0.1) is 0 Å². The molecule has 1 heterocycles. The Morgan fingerprint density at radius 2 is 1.59 bits per heavy atom. The highest BCUT2D eigenvalue weighted by molar-refractivity contribution is 6.99. The Morgan fingerprint density at radius 1 is 0.977 bits per heavy atom. The molecule has 44 heavy (non-hydrogen) atoms. The molecule has 3 aromatic carbocycles. The number of ether oxygens (including phenoxy) is 1. The second-order valence-electron chi connectivity index (χ2n) is 14.0. The fraction of sp³-hybridized carbons (Fsp3) is 0.395. The molecule has 1 saturated heterocycles. The standard InChI is InChI=1S/C38H45FO4Si/c1-26-21-27(17-20-35(26)39)33-22-28(40)25-38(5,6)34(33)19-18-29-23-30(24-36(41)42-29)43-44(37(2,3)4,31-13-9-7-10-14-31)32-15-11-8-12-16-32/h7-21,28-30,40H,22-25H2,1-6H3/b19-18+/t28?,29-,30-/m1/s1. The smallest absolute Gasteiger partial charge is 0.308 e. The summed E-state index contributed by atoms with van der Waals surface area (Å²) >= 11 is 0. The molecule has 232 valence electrons. The van der Waals surface area contributed by atoms with Crippen LogP contribution in [0.15, 0.2) is 96.6 Å². The van der Waals surface area contributed by atoms with Gasteiger partial charge in [0.1, 0.15) is 11.9 Å². The monoisotopic (exact) mass is 612 g/mol. The van der Waals surface area contributed by atoms with E-state index in [0.717, 1.165) is 16.7 Å². The molecule has 1 N–H and O–H groups in total. The van der Waals surface area contributed by atoms with Gasteiger partial charge in [0.05, 0.1) is 18.6 Å². The summed E-state index contributed by atoms with van der Waals surface area (Å²) in [6.45, 7) is 12.7. The maximum absolute atomic E-state index is 14.1. The van der Waals surface area contributed by atoms with Gasteiger partial charge in [-0.2, -0.15) is 0 Å². The van der Waals surface area contributed by atoms with E-state index >= 15 is 0 Å². The highest BCUT2D eigenvalue weighted by Crippen LogP contribution is 2.45. The van der Waals surface area contributed by atoms with Crippen molar-refractivity contribution >= 4 is 30.2 Å². The van der Waals surface area contributed by atoms with E-state index in [1.165, 1.54) is 16.4 Å². The van der Waals surface area contributed by atoms with Crippen LogP contribution in [0.1, 0.15) is 71.4 Å². The summed E-state index contributed by atoms with van der Waals surface area (Å²) in [5, 5.41) is 12.9. The van der Waals surface area contributed by atoms with Crippen molar-refractivity contribution in [3.8, 4) is 0 Å². The van der Waals surface area contributed by atoms with E-state index in [-0.39, 0.29) is 34.8 Å². The zero-order valence-electron chi connectivity index (χ0n) is 26.8. The van der Waals surface area contributed by atoms with Crippen LogP contribution in [0.25, 0.3) is 5.57 Å². The summed E-state index contributed by atoms with van der Waals surface area (Å²) in [6, 6.07) is 26.1. The molecule has 3 atom stereocenters. The van der Waals surface area contributed by atoms with Crippen molar-refractivity contribution < 1.29 is 23.5 Å². The number of cyclic esters (lactones) is 1. The zero-order chi connectivity index (χ0) is 31.7. The molecule has 0 spiro atoms. The molecule has 0 aromatic heterocycles. The van der Waals surface area contributed by atoms with Crippen molar-refractivity contribution in [2.24, 2.45) is 5.41 Å². The number of halogens is 1. The van der Waals surface area contributed by atoms with Gasteiger partial charge < -0.3 is 14.3 Å². The van der Waals surface area contributed by atoms with Crippen LogP contribution in [0, 0.1) is 18.2 Å². The first-order valence-electron chi connectivity index (χ1n) is 15.6. The number of hydrogen-bond donors (Lipinski definition) is 1. The van der Waals surface area contributed by atoms with Gasteiger partial charge in [0.2, 0.25) is 0 Å². The normalized spacial score (nSPS) is 22.7. The minimum absolute atomic E-state index is 0.204. The maximum Gasteiger partial charge on any atom is 0.308 e. The predicted molar refractivity (Wildman–Crippen MR) is 178 cm³/mol. The number of rotatable bonds is 7. The summed E-state index contributed by atoms with van der Waals surface area (Å²) in [4.78, 5) is 13.1. The largest absolute Gasteiger partial charge is 0.458 e. The van der Waals surface area contributed by atoms with Crippen LogP contribution < -0.4 is 10.4 Å². The van der Waals surface area contributed by atoms with Gasteiger partial charge in [-0.25, -0.2) is 4.39 Å². The van der Waals surface area contributed by atoms with E-state index in [1.54, 1.807) is 13.0 Å². The Hall–Kier alpha value is -3.32. The van der Waals surface area contributed by atoms with Crippen LogP contribution in [0.2, 0.25) is 5.04 Å². The average molecular weight is 613 g/mol. The summed E-state index contributed by atoms with van der Waals surface area (Å²) in [5.74, 6) is -0.515. The Labute approximate surface area is 262 Å². The van der Waals surface area contributed by atoms with Crippen LogP contribution in [-0.2, 0) is 14.0 Å². The highest BCUT2D eigenvalue weighted by atomic mass is 28.4. The van der Waals surface area contributed by atoms with Gasteiger partial charge in [-0.3, -0.25) is 4.79 Å². The summed E-state index contributed by atoms with van der Waals surface area (Å²) in [6.07, 6.45) is 4.63. The lowest BCUT2D eigenvalue weighted by Gasteiger charge is -2.46. The van der Waals surface area contributed by atoms with Crippen molar-refractivity contribution in [3.05, 3.63) is 114 Å². The van der Waals surface area contributed by atoms with Crippen molar-refractivity contribution in [3.63, 3.8) is 0 Å². The lowest BCUT2D eigenvalue weighted by Crippen LogP contribution is -2.68. The number of aryl methyl sites for hydroxylation is 1. The van der Waals surface area contributed by atoms with Gasteiger partial charge in [-0.1, -0.05) is 107 Å². The number of carbonyl (C=O) groups excluding carboxylic acids is 1. The second kappa shape index (κ2) is 12.6. The van der Waals surface area contributed by atoms with Crippen LogP contribution >= 0.6 is 0 Å². The second-order valence-corrected chi connectivity index (χ2v) is 18.3. The van der Waals surface area contributed by atoms with Crippen molar-refractivity contribution in [1.82, 2.24) is 0 Å². The van der Waals surface area contributed by atoms with E-state index in [2.05, 4.69) is 89.2 Å². The molecule has 6 heteroatoms. The fourth-order valence-electron chi connectivity index (χ4n) is 7.10. The van der Waals surface area contributed by atoms with E-state index in [1.807, 2.05) is 24.3 Å². The third kappa shape index (κ3) is 6.53. The number of hydrogen-bond acceptors (Lipinski definition) is 4. The predicted octanol–water partition coefficient (Wildman–Crippen LogP) is 7.28. The first-order chi connectivity index (χ1) is 20.8. The molecule has 1 unspecified atom stereocenters. The van der Waals surface area contributed by atoms with Crippen LogP contribution in [-0.4, -0.2) is 37.7 Å². The van der Waals surface area contributed by atoms with E-state index in [9.17, 15) is 14.3 Å². The number of aliphatic hydroxyl groups excluding tert-OH is 1. The van der Waals surface area contributed by atoms with Crippen LogP contribution in [0.5, 0.6) is 0 Å². The van der Waals surface area contributed by atoms with Gasteiger partial charge in [0, 0.05) is 6.42 Å². The van der Waals surface area contributed by atoms with E-state index in [4.69, 9.17) is 9.16 Å². The van der Waals surface area contributed by atoms with E-state index < -0.39 is 20.5 Å². The lowest BCUT2D eigenvalue weighted by atomic mass is 9.69. The van der Waals surface area contributed by atoms with Gasteiger partial charge >= 0.3 is 5.97 Å². The zero-order valence-corrected chi connectivity index (χ0v) is 27.8. The quantitative estimate of drug-likeness (QED) is 0.225. The SMILES string of the molecule is Cc1cc(C2=C(/C=C/[C@@H]3C[C@@H](O[Si](c4ccccc4)(c4ccccc4)C(C)(C)C)CC(=O)O3)C(C)(C)CC(O)C2)ccc1F. The number of aliphatic hydroxyl groups is 1. The molecule has 1 aliphatic heterocycles. The molecule has 1 aliphatic carbocycles.